The first-order valence-corrected chi connectivity index (χ1v) is 9.24. The molecule has 2 atom stereocenters. The van der Waals surface area contributed by atoms with Gasteiger partial charge < -0.3 is 11.1 Å². The minimum absolute atomic E-state index is 0. The first kappa shape index (κ1) is 19.8. The Balaban J connectivity index is 0.00000225. The van der Waals surface area contributed by atoms with Gasteiger partial charge in [-0.1, -0.05) is 55.5 Å². The molecule has 5 heteroatoms. The van der Waals surface area contributed by atoms with Crippen molar-refractivity contribution in [2.45, 2.75) is 35.4 Å². The molecule has 0 spiro atoms. The standard InChI is InChI=1S/C20H24N2OS.ClH/c1-15(18(21)16-8-4-2-5-9-16)19(23)22-14-20(12-13-20)24-17-10-6-3-7-11-17;/h2-11,15,18H,12-14,21H2,1H3,(H,22,23);1H. The second kappa shape index (κ2) is 8.75. The van der Waals surface area contributed by atoms with Crippen molar-refractivity contribution in [2.75, 3.05) is 6.54 Å². The summed E-state index contributed by atoms with van der Waals surface area (Å²) in [5.41, 5.74) is 7.25. The highest BCUT2D eigenvalue weighted by atomic mass is 35.5. The Labute approximate surface area is 160 Å². The van der Waals surface area contributed by atoms with E-state index in [2.05, 4.69) is 29.6 Å². The number of nitrogens with one attached hydrogen (secondary N) is 1. The van der Waals surface area contributed by atoms with E-state index in [1.165, 1.54) is 4.90 Å². The Morgan fingerprint density at radius 1 is 1.12 bits per heavy atom. The molecule has 2 unspecified atom stereocenters. The molecule has 0 saturated heterocycles. The summed E-state index contributed by atoms with van der Waals surface area (Å²) in [7, 11) is 0. The molecule has 25 heavy (non-hydrogen) atoms. The van der Waals surface area contributed by atoms with Gasteiger partial charge in [-0.25, -0.2) is 0 Å². The molecule has 134 valence electrons. The van der Waals surface area contributed by atoms with Gasteiger partial charge in [0.25, 0.3) is 0 Å². The molecule has 0 bridgehead atoms. The van der Waals surface area contributed by atoms with Crippen LogP contribution in [0.2, 0.25) is 0 Å². The summed E-state index contributed by atoms with van der Waals surface area (Å²) in [6.45, 7) is 2.61. The molecule has 0 aromatic heterocycles. The molecule has 0 radical (unpaired) electrons. The second-order valence-electron chi connectivity index (χ2n) is 6.54. The lowest BCUT2D eigenvalue weighted by Gasteiger charge is -2.22. The van der Waals surface area contributed by atoms with Gasteiger partial charge in [0.1, 0.15) is 0 Å². The predicted octanol–water partition coefficient (Wildman–Crippen LogP) is 4.19. The number of carbonyl (C=O) groups excluding carboxylic acids is 1. The Bertz CT molecular complexity index is 677. The van der Waals surface area contributed by atoms with Crippen molar-refractivity contribution < 1.29 is 4.79 Å². The van der Waals surface area contributed by atoms with Crippen molar-refractivity contribution in [3.8, 4) is 0 Å². The summed E-state index contributed by atoms with van der Waals surface area (Å²) >= 11 is 1.87. The summed E-state index contributed by atoms with van der Waals surface area (Å²) in [6.07, 6.45) is 2.29. The van der Waals surface area contributed by atoms with E-state index in [0.717, 1.165) is 18.4 Å². The van der Waals surface area contributed by atoms with E-state index in [1.807, 2.05) is 55.1 Å². The number of rotatable bonds is 7. The molecule has 0 heterocycles. The maximum Gasteiger partial charge on any atom is 0.224 e. The smallest absolute Gasteiger partial charge is 0.224 e. The molecule has 1 fully saturated rings. The van der Waals surface area contributed by atoms with Gasteiger partial charge in [0.2, 0.25) is 5.91 Å². The number of hydrogen-bond donors (Lipinski definition) is 2. The van der Waals surface area contributed by atoms with Gasteiger partial charge in [0.15, 0.2) is 0 Å². The Hall–Kier alpha value is -1.49. The van der Waals surface area contributed by atoms with E-state index in [-0.39, 0.29) is 35.0 Å². The third-order valence-electron chi connectivity index (χ3n) is 4.61. The van der Waals surface area contributed by atoms with Gasteiger partial charge in [0, 0.05) is 22.2 Å². The number of carbonyl (C=O) groups is 1. The Kier molecular flexibility index (Phi) is 6.94. The van der Waals surface area contributed by atoms with Crippen LogP contribution < -0.4 is 11.1 Å². The molecule has 1 saturated carbocycles. The average molecular weight is 377 g/mol. The zero-order valence-corrected chi connectivity index (χ0v) is 16.0. The summed E-state index contributed by atoms with van der Waals surface area (Å²) in [4.78, 5) is 13.7. The van der Waals surface area contributed by atoms with E-state index in [1.54, 1.807) is 0 Å². The highest BCUT2D eigenvalue weighted by molar-refractivity contribution is 8.01. The van der Waals surface area contributed by atoms with Crippen LogP contribution in [0.25, 0.3) is 0 Å². The van der Waals surface area contributed by atoms with Crippen LogP contribution in [0.3, 0.4) is 0 Å². The molecular formula is C20H25ClN2OS. The largest absolute Gasteiger partial charge is 0.354 e. The molecular weight excluding hydrogens is 352 g/mol. The summed E-state index contributed by atoms with van der Waals surface area (Å²) < 4.78 is 0.160. The van der Waals surface area contributed by atoms with Gasteiger partial charge in [-0.15, -0.1) is 24.2 Å². The van der Waals surface area contributed by atoms with Gasteiger partial charge >= 0.3 is 0 Å². The highest BCUT2D eigenvalue weighted by Crippen LogP contribution is 2.51. The van der Waals surface area contributed by atoms with Crippen molar-refractivity contribution in [3.63, 3.8) is 0 Å². The van der Waals surface area contributed by atoms with E-state index in [4.69, 9.17) is 5.73 Å². The van der Waals surface area contributed by atoms with Crippen LogP contribution in [-0.4, -0.2) is 17.2 Å². The third-order valence-corrected chi connectivity index (χ3v) is 6.10. The Morgan fingerprint density at radius 2 is 1.68 bits per heavy atom. The number of amides is 1. The fraction of sp³-hybridized carbons (Fsp3) is 0.350. The van der Waals surface area contributed by atoms with Crippen LogP contribution in [0.1, 0.15) is 31.4 Å². The maximum absolute atomic E-state index is 12.5. The lowest BCUT2D eigenvalue weighted by Crippen LogP contribution is -2.39. The minimum Gasteiger partial charge on any atom is -0.354 e. The van der Waals surface area contributed by atoms with E-state index in [9.17, 15) is 4.79 Å². The van der Waals surface area contributed by atoms with E-state index < -0.39 is 0 Å². The molecule has 2 aromatic carbocycles. The molecule has 1 amide bonds. The molecule has 3 nitrogen and oxygen atoms in total. The number of benzene rings is 2. The third kappa shape index (κ3) is 5.24. The van der Waals surface area contributed by atoms with E-state index in [0.29, 0.717) is 6.54 Å². The van der Waals surface area contributed by atoms with Crippen molar-refractivity contribution in [1.29, 1.82) is 0 Å². The lowest BCUT2D eigenvalue weighted by molar-refractivity contribution is -0.125. The topological polar surface area (TPSA) is 55.1 Å². The van der Waals surface area contributed by atoms with Crippen molar-refractivity contribution >= 4 is 30.1 Å². The quantitative estimate of drug-likeness (QED) is 0.761. The second-order valence-corrected chi connectivity index (χ2v) is 8.08. The van der Waals surface area contributed by atoms with Crippen LogP contribution in [0.5, 0.6) is 0 Å². The van der Waals surface area contributed by atoms with Crippen molar-refractivity contribution in [1.82, 2.24) is 5.32 Å². The SMILES string of the molecule is CC(C(=O)NCC1(Sc2ccccc2)CC1)C(N)c1ccccc1.Cl. The maximum atomic E-state index is 12.5. The van der Waals surface area contributed by atoms with Gasteiger partial charge in [0.05, 0.1) is 5.92 Å². The molecule has 2 aromatic rings. The zero-order valence-electron chi connectivity index (χ0n) is 14.4. The number of thioether (sulfide) groups is 1. The van der Waals surface area contributed by atoms with Crippen LogP contribution >= 0.6 is 24.2 Å². The van der Waals surface area contributed by atoms with Crippen LogP contribution in [0.4, 0.5) is 0 Å². The summed E-state index contributed by atoms with van der Waals surface area (Å²) in [5, 5.41) is 3.12. The molecule has 1 aliphatic rings. The van der Waals surface area contributed by atoms with Gasteiger partial charge in [-0.2, -0.15) is 0 Å². The van der Waals surface area contributed by atoms with Gasteiger partial charge in [-0.3, -0.25) is 4.79 Å². The fourth-order valence-electron chi connectivity index (χ4n) is 2.73. The molecule has 0 aliphatic heterocycles. The van der Waals surface area contributed by atoms with Crippen molar-refractivity contribution in [2.24, 2.45) is 11.7 Å². The van der Waals surface area contributed by atoms with Crippen LogP contribution in [-0.2, 0) is 4.79 Å². The first-order valence-electron chi connectivity index (χ1n) is 8.42. The summed E-state index contributed by atoms with van der Waals surface area (Å²) in [5.74, 6) is -0.212. The monoisotopic (exact) mass is 376 g/mol. The van der Waals surface area contributed by atoms with Crippen LogP contribution in [0.15, 0.2) is 65.6 Å². The number of halogens is 1. The Morgan fingerprint density at radius 3 is 2.24 bits per heavy atom. The van der Waals surface area contributed by atoms with E-state index >= 15 is 0 Å². The van der Waals surface area contributed by atoms with Crippen molar-refractivity contribution in [3.05, 3.63) is 66.2 Å². The van der Waals surface area contributed by atoms with Gasteiger partial charge in [-0.05, 0) is 30.5 Å². The highest BCUT2D eigenvalue weighted by Gasteiger charge is 2.44. The first-order chi connectivity index (χ1) is 11.6. The number of nitrogens with two attached hydrogens (primary N) is 1. The normalized spacial score (nSPS) is 17.0. The van der Waals surface area contributed by atoms with Crippen LogP contribution in [0, 0.1) is 5.92 Å². The average Bonchev–Trinajstić information content (AvgIpc) is 3.39. The zero-order chi connectivity index (χ0) is 17.0. The molecule has 3 rings (SSSR count). The lowest BCUT2D eigenvalue weighted by atomic mass is 9.94. The molecule has 1 aliphatic carbocycles. The predicted molar refractivity (Wildman–Crippen MR) is 107 cm³/mol. The minimum atomic E-state index is -0.275. The molecule has 3 N–H and O–H groups in total. The fourth-order valence-corrected chi connectivity index (χ4v) is 3.97. The number of hydrogen-bond acceptors (Lipinski definition) is 3. The summed E-state index contributed by atoms with van der Waals surface area (Å²) in [6, 6.07) is 19.9.